The Labute approximate surface area is 138 Å². The average molecular weight is 317 g/mol. The molecule has 22 heavy (non-hydrogen) atoms. The Hall–Kier alpha value is -0.120. The van der Waals surface area contributed by atoms with Gasteiger partial charge in [0.15, 0.2) is 0 Å². The van der Waals surface area contributed by atoms with Gasteiger partial charge in [0.25, 0.3) is 0 Å². The monoisotopic (exact) mass is 316 g/mol. The van der Waals surface area contributed by atoms with Gasteiger partial charge in [-0.05, 0) is 38.0 Å². The molecule has 0 aromatic carbocycles. The van der Waals surface area contributed by atoms with Crippen LogP contribution in [0.2, 0.25) is 0 Å². The summed E-state index contributed by atoms with van der Waals surface area (Å²) in [4.78, 5) is 0. The summed E-state index contributed by atoms with van der Waals surface area (Å²) >= 11 is 0. The SMILES string of the molecule is CCCCCCC(CCCO)C(O)CCCCCCCCO. The molecular weight excluding hydrogens is 276 g/mol. The first-order valence-corrected chi connectivity index (χ1v) is 9.66. The van der Waals surface area contributed by atoms with Crippen LogP contribution in [0.3, 0.4) is 0 Å². The van der Waals surface area contributed by atoms with Crippen molar-refractivity contribution in [3.63, 3.8) is 0 Å². The summed E-state index contributed by atoms with van der Waals surface area (Å²) in [6, 6.07) is 0. The minimum atomic E-state index is -0.189. The molecule has 0 aliphatic carbocycles. The third kappa shape index (κ3) is 13.5. The molecule has 0 fully saturated rings. The number of hydrogen-bond donors (Lipinski definition) is 3. The van der Waals surface area contributed by atoms with Crippen LogP contribution in [0.4, 0.5) is 0 Å². The molecular formula is C19H40O3. The predicted molar refractivity (Wildman–Crippen MR) is 94.0 cm³/mol. The minimum Gasteiger partial charge on any atom is -0.396 e. The van der Waals surface area contributed by atoms with Gasteiger partial charge in [0.2, 0.25) is 0 Å². The van der Waals surface area contributed by atoms with Crippen molar-refractivity contribution >= 4 is 0 Å². The van der Waals surface area contributed by atoms with E-state index in [1.807, 2.05) is 0 Å². The molecule has 0 radical (unpaired) electrons. The number of aliphatic hydroxyl groups is 3. The lowest BCUT2D eigenvalue weighted by Gasteiger charge is -2.23. The van der Waals surface area contributed by atoms with Crippen molar-refractivity contribution in [3.8, 4) is 0 Å². The summed E-state index contributed by atoms with van der Waals surface area (Å²) in [5.74, 6) is 0.374. The van der Waals surface area contributed by atoms with E-state index >= 15 is 0 Å². The van der Waals surface area contributed by atoms with Gasteiger partial charge in [-0.3, -0.25) is 0 Å². The highest BCUT2D eigenvalue weighted by Crippen LogP contribution is 2.23. The van der Waals surface area contributed by atoms with E-state index in [1.54, 1.807) is 0 Å². The molecule has 0 heterocycles. The Balaban J connectivity index is 3.77. The Morgan fingerprint density at radius 3 is 1.73 bits per heavy atom. The fourth-order valence-electron chi connectivity index (χ4n) is 3.12. The normalized spacial score (nSPS) is 14.2. The number of unbranched alkanes of at least 4 members (excludes halogenated alkanes) is 8. The molecule has 2 unspecified atom stereocenters. The van der Waals surface area contributed by atoms with Gasteiger partial charge in [-0.25, -0.2) is 0 Å². The first-order chi connectivity index (χ1) is 10.8. The molecule has 0 saturated carbocycles. The summed E-state index contributed by atoms with van der Waals surface area (Å²) < 4.78 is 0. The predicted octanol–water partition coefficient (Wildman–Crippen LogP) is 4.43. The third-order valence-corrected chi connectivity index (χ3v) is 4.61. The Morgan fingerprint density at radius 1 is 0.591 bits per heavy atom. The van der Waals surface area contributed by atoms with Crippen LogP contribution < -0.4 is 0 Å². The van der Waals surface area contributed by atoms with Crippen LogP contribution in [-0.2, 0) is 0 Å². The smallest absolute Gasteiger partial charge is 0.0568 e. The zero-order chi connectivity index (χ0) is 16.5. The van der Waals surface area contributed by atoms with Crippen molar-refractivity contribution in [2.45, 2.75) is 103 Å². The first kappa shape index (κ1) is 21.9. The molecule has 0 aromatic rings. The number of aliphatic hydroxyl groups excluding tert-OH is 3. The van der Waals surface area contributed by atoms with Crippen molar-refractivity contribution in [1.29, 1.82) is 0 Å². The van der Waals surface area contributed by atoms with Gasteiger partial charge in [0, 0.05) is 13.2 Å². The summed E-state index contributed by atoms with van der Waals surface area (Å²) in [6.45, 7) is 2.77. The van der Waals surface area contributed by atoms with Crippen molar-refractivity contribution in [2.24, 2.45) is 5.92 Å². The van der Waals surface area contributed by atoms with Gasteiger partial charge in [0.1, 0.15) is 0 Å². The van der Waals surface area contributed by atoms with Crippen LogP contribution in [0.25, 0.3) is 0 Å². The second-order valence-corrected chi connectivity index (χ2v) is 6.68. The lowest BCUT2D eigenvalue weighted by Crippen LogP contribution is -2.21. The highest BCUT2D eigenvalue weighted by atomic mass is 16.3. The van der Waals surface area contributed by atoms with Gasteiger partial charge in [-0.2, -0.15) is 0 Å². The second-order valence-electron chi connectivity index (χ2n) is 6.68. The lowest BCUT2D eigenvalue weighted by molar-refractivity contribution is 0.0801. The molecule has 0 saturated heterocycles. The van der Waals surface area contributed by atoms with Crippen molar-refractivity contribution in [2.75, 3.05) is 13.2 Å². The molecule has 0 spiro atoms. The van der Waals surface area contributed by atoms with Crippen molar-refractivity contribution in [1.82, 2.24) is 0 Å². The molecule has 0 aromatic heterocycles. The van der Waals surface area contributed by atoms with Gasteiger partial charge >= 0.3 is 0 Å². The standard InChI is InChI=1S/C19H40O3/c1-2-3-4-9-13-18(14-12-17-21)19(22)15-10-7-5-6-8-11-16-20/h18-22H,2-17H2,1H3. The van der Waals surface area contributed by atoms with Gasteiger partial charge < -0.3 is 15.3 Å². The van der Waals surface area contributed by atoms with Gasteiger partial charge in [0.05, 0.1) is 6.10 Å². The van der Waals surface area contributed by atoms with Crippen LogP contribution in [0.5, 0.6) is 0 Å². The maximum absolute atomic E-state index is 10.4. The minimum absolute atomic E-state index is 0.189. The molecule has 2 atom stereocenters. The van der Waals surface area contributed by atoms with E-state index in [2.05, 4.69) is 6.92 Å². The molecule has 0 amide bonds. The van der Waals surface area contributed by atoms with Gasteiger partial charge in [-0.15, -0.1) is 0 Å². The summed E-state index contributed by atoms with van der Waals surface area (Å²) in [6.07, 6.45) is 15.4. The largest absolute Gasteiger partial charge is 0.396 e. The molecule has 3 nitrogen and oxygen atoms in total. The quantitative estimate of drug-likeness (QED) is 0.348. The Bertz CT molecular complexity index is 209. The van der Waals surface area contributed by atoms with Crippen molar-refractivity contribution < 1.29 is 15.3 Å². The highest BCUT2D eigenvalue weighted by Gasteiger charge is 2.18. The van der Waals surface area contributed by atoms with Crippen LogP contribution in [0, 0.1) is 5.92 Å². The van der Waals surface area contributed by atoms with E-state index in [0.29, 0.717) is 12.5 Å². The summed E-state index contributed by atoms with van der Waals surface area (Å²) in [5.41, 5.74) is 0. The summed E-state index contributed by atoms with van der Waals surface area (Å²) in [7, 11) is 0. The zero-order valence-corrected chi connectivity index (χ0v) is 14.8. The van der Waals surface area contributed by atoms with Crippen LogP contribution in [-0.4, -0.2) is 34.6 Å². The van der Waals surface area contributed by atoms with E-state index in [1.165, 1.54) is 44.9 Å². The number of hydrogen-bond acceptors (Lipinski definition) is 3. The fraction of sp³-hybridized carbons (Fsp3) is 1.00. The van der Waals surface area contributed by atoms with Crippen molar-refractivity contribution in [3.05, 3.63) is 0 Å². The molecule has 0 rings (SSSR count). The van der Waals surface area contributed by atoms with Crippen LogP contribution in [0.15, 0.2) is 0 Å². The lowest BCUT2D eigenvalue weighted by atomic mass is 9.88. The molecule has 3 N–H and O–H groups in total. The fourth-order valence-corrected chi connectivity index (χ4v) is 3.12. The first-order valence-electron chi connectivity index (χ1n) is 9.66. The molecule has 0 aliphatic heterocycles. The van der Waals surface area contributed by atoms with E-state index in [-0.39, 0.29) is 12.7 Å². The topological polar surface area (TPSA) is 60.7 Å². The Morgan fingerprint density at radius 2 is 1.09 bits per heavy atom. The van der Waals surface area contributed by atoms with E-state index < -0.39 is 0 Å². The average Bonchev–Trinajstić information content (AvgIpc) is 2.53. The molecule has 0 aliphatic rings. The number of rotatable bonds is 17. The third-order valence-electron chi connectivity index (χ3n) is 4.61. The van der Waals surface area contributed by atoms with Crippen LogP contribution in [0.1, 0.15) is 96.8 Å². The molecule has 134 valence electrons. The Kier molecular flexibility index (Phi) is 17.1. The zero-order valence-electron chi connectivity index (χ0n) is 14.8. The molecule has 0 bridgehead atoms. The van der Waals surface area contributed by atoms with E-state index in [4.69, 9.17) is 10.2 Å². The van der Waals surface area contributed by atoms with Gasteiger partial charge in [-0.1, -0.05) is 64.7 Å². The summed E-state index contributed by atoms with van der Waals surface area (Å²) in [5, 5.41) is 28.2. The van der Waals surface area contributed by atoms with E-state index in [0.717, 1.165) is 44.9 Å². The maximum atomic E-state index is 10.4. The van der Waals surface area contributed by atoms with E-state index in [9.17, 15) is 5.11 Å². The second kappa shape index (κ2) is 17.2. The maximum Gasteiger partial charge on any atom is 0.0568 e. The molecule has 3 heteroatoms. The highest BCUT2D eigenvalue weighted by molar-refractivity contribution is 4.70. The van der Waals surface area contributed by atoms with Crippen LogP contribution >= 0.6 is 0 Å².